The lowest BCUT2D eigenvalue weighted by Crippen LogP contribution is -2.47. The van der Waals surface area contributed by atoms with Gasteiger partial charge in [-0.2, -0.15) is 0 Å². The molecule has 1 aliphatic rings. The molecular formula is C15H21BO4. The maximum Gasteiger partial charge on any atom is 0.493 e. The number of benzene rings is 1. The number of ether oxygens (including phenoxy) is 1. The van der Waals surface area contributed by atoms with Crippen LogP contribution in [0, 0.1) is 5.41 Å². The third-order valence-electron chi connectivity index (χ3n) is 3.27. The molecule has 0 saturated carbocycles. The Kier molecular flexibility index (Phi) is 4.50. The van der Waals surface area contributed by atoms with E-state index in [1.807, 2.05) is 31.2 Å². The standard InChI is InChI=1S/C15H21BO4/c1-11(20-12(2)17)13-5-7-14(8-6-13)16-18-9-15(3,4)10-19-16/h5-8,11H,9-10H2,1-4H3/t11-/m1/s1. The summed E-state index contributed by atoms with van der Waals surface area (Å²) in [6.07, 6.45) is -0.242. The van der Waals surface area contributed by atoms with Crippen LogP contribution in [0.5, 0.6) is 0 Å². The highest BCUT2D eigenvalue weighted by Gasteiger charge is 2.33. The first-order chi connectivity index (χ1) is 9.37. The second kappa shape index (κ2) is 5.98. The van der Waals surface area contributed by atoms with Crippen molar-refractivity contribution in [2.75, 3.05) is 13.2 Å². The van der Waals surface area contributed by atoms with Crippen molar-refractivity contribution in [2.45, 2.75) is 33.8 Å². The molecular weight excluding hydrogens is 255 g/mol. The van der Waals surface area contributed by atoms with Gasteiger partial charge in [0.05, 0.1) is 0 Å². The lowest BCUT2D eigenvalue weighted by atomic mass is 9.75. The van der Waals surface area contributed by atoms with E-state index in [-0.39, 0.29) is 24.6 Å². The van der Waals surface area contributed by atoms with E-state index in [2.05, 4.69) is 13.8 Å². The minimum atomic E-state index is -0.305. The van der Waals surface area contributed by atoms with Crippen molar-refractivity contribution >= 4 is 18.6 Å². The van der Waals surface area contributed by atoms with Crippen molar-refractivity contribution in [2.24, 2.45) is 5.41 Å². The Labute approximate surface area is 120 Å². The lowest BCUT2D eigenvalue weighted by Gasteiger charge is -2.33. The van der Waals surface area contributed by atoms with E-state index in [9.17, 15) is 4.79 Å². The normalized spacial score (nSPS) is 19.5. The zero-order valence-electron chi connectivity index (χ0n) is 12.5. The van der Waals surface area contributed by atoms with Crippen molar-refractivity contribution in [3.05, 3.63) is 29.8 Å². The fourth-order valence-corrected chi connectivity index (χ4v) is 2.13. The van der Waals surface area contributed by atoms with Gasteiger partial charge in [0.25, 0.3) is 0 Å². The summed E-state index contributed by atoms with van der Waals surface area (Å²) >= 11 is 0. The van der Waals surface area contributed by atoms with Crippen LogP contribution in [0.4, 0.5) is 0 Å². The number of hydrogen-bond acceptors (Lipinski definition) is 4. The number of rotatable bonds is 3. The number of carbonyl (C=O) groups is 1. The number of carbonyl (C=O) groups excluding carboxylic acids is 1. The van der Waals surface area contributed by atoms with Crippen molar-refractivity contribution < 1.29 is 18.8 Å². The SMILES string of the molecule is CC(=O)O[C@H](C)c1ccc(B2OCC(C)(C)CO2)cc1. The minimum absolute atomic E-state index is 0.0697. The molecule has 1 heterocycles. The first-order valence-electron chi connectivity index (χ1n) is 6.88. The monoisotopic (exact) mass is 276 g/mol. The molecule has 5 heteroatoms. The molecule has 1 aromatic rings. The Balaban J connectivity index is 2.00. The Morgan fingerprint density at radius 2 is 1.80 bits per heavy atom. The van der Waals surface area contributed by atoms with Gasteiger partial charge in [0.2, 0.25) is 0 Å². The third kappa shape index (κ3) is 3.84. The molecule has 1 atom stereocenters. The predicted octanol–water partition coefficient (Wildman–Crippen LogP) is 2.08. The average Bonchev–Trinajstić information content (AvgIpc) is 2.38. The fraction of sp³-hybridized carbons (Fsp3) is 0.533. The largest absolute Gasteiger partial charge is 0.493 e. The summed E-state index contributed by atoms with van der Waals surface area (Å²) in [5, 5.41) is 0. The smallest absolute Gasteiger partial charge is 0.458 e. The average molecular weight is 276 g/mol. The first-order valence-corrected chi connectivity index (χ1v) is 6.88. The topological polar surface area (TPSA) is 44.8 Å². The molecule has 1 aliphatic heterocycles. The summed E-state index contributed by atoms with van der Waals surface area (Å²) < 4.78 is 16.6. The van der Waals surface area contributed by atoms with Gasteiger partial charge < -0.3 is 14.0 Å². The maximum atomic E-state index is 10.9. The fourth-order valence-electron chi connectivity index (χ4n) is 2.13. The molecule has 0 amide bonds. The third-order valence-corrected chi connectivity index (χ3v) is 3.27. The zero-order valence-corrected chi connectivity index (χ0v) is 12.5. The summed E-state index contributed by atoms with van der Waals surface area (Å²) in [7, 11) is -0.305. The maximum absolute atomic E-state index is 10.9. The van der Waals surface area contributed by atoms with Gasteiger partial charge in [0.15, 0.2) is 0 Å². The molecule has 0 radical (unpaired) electrons. The van der Waals surface area contributed by atoms with E-state index in [4.69, 9.17) is 14.0 Å². The molecule has 1 saturated heterocycles. The molecule has 1 aromatic carbocycles. The second-order valence-corrected chi connectivity index (χ2v) is 6.04. The highest BCUT2D eigenvalue weighted by molar-refractivity contribution is 6.61. The summed E-state index contributed by atoms with van der Waals surface area (Å²) in [6, 6.07) is 7.79. The van der Waals surface area contributed by atoms with Gasteiger partial charge in [-0.3, -0.25) is 4.79 Å². The van der Waals surface area contributed by atoms with Crippen LogP contribution in [0.15, 0.2) is 24.3 Å². The van der Waals surface area contributed by atoms with Gasteiger partial charge in [0.1, 0.15) is 6.10 Å². The van der Waals surface area contributed by atoms with E-state index in [1.54, 1.807) is 0 Å². The van der Waals surface area contributed by atoms with Crippen LogP contribution in [0.1, 0.15) is 39.4 Å². The van der Waals surface area contributed by atoms with Gasteiger partial charge in [0, 0.05) is 25.6 Å². The summed E-state index contributed by atoms with van der Waals surface area (Å²) in [5.41, 5.74) is 2.01. The summed E-state index contributed by atoms with van der Waals surface area (Å²) in [5.74, 6) is -0.275. The highest BCUT2D eigenvalue weighted by atomic mass is 16.6. The van der Waals surface area contributed by atoms with Crippen LogP contribution in [-0.2, 0) is 18.8 Å². The van der Waals surface area contributed by atoms with Crippen molar-refractivity contribution in [1.82, 2.24) is 0 Å². The Bertz CT molecular complexity index is 459. The Hall–Kier alpha value is -1.33. The van der Waals surface area contributed by atoms with Gasteiger partial charge in [-0.15, -0.1) is 0 Å². The van der Waals surface area contributed by atoms with Crippen LogP contribution in [-0.4, -0.2) is 26.3 Å². The first kappa shape index (κ1) is 15.1. The van der Waals surface area contributed by atoms with E-state index < -0.39 is 0 Å². The molecule has 0 N–H and O–H groups in total. The molecule has 1 fully saturated rings. The van der Waals surface area contributed by atoms with E-state index in [1.165, 1.54) is 6.92 Å². The zero-order chi connectivity index (χ0) is 14.8. The molecule has 0 aliphatic carbocycles. The van der Waals surface area contributed by atoms with Gasteiger partial charge in [-0.1, -0.05) is 38.1 Å². The Morgan fingerprint density at radius 1 is 1.25 bits per heavy atom. The van der Waals surface area contributed by atoms with Gasteiger partial charge >= 0.3 is 13.1 Å². The molecule has 0 bridgehead atoms. The number of esters is 1. The van der Waals surface area contributed by atoms with E-state index >= 15 is 0 Å². The van der Waals surface area contributed by atoms with E-state index in [0.717, 1.165) is 11.0 Å². The molecule has 108 valence electrons. The second-order valence-electron chi connectivity index (χ2n) is 6.04. The Morgan fingerprint density at radius 3 is 2.30 bits per heavy atom. The van der Waals surface area contributed by atoms with E-state index in [0.29, 0.717) is 13.2 Å². The molecule has 20 heavy (non-hydrogen) atoms. The number of hydrogen-bond donors (Lipinski definition) is 0. The lowest BCUT2D eigenvalue weighted by molar-refractivity contribution is -0.145. The van der Waals surface area contributed by atoms with Crippen LogP contribution in [0.3, 0.4) is 0 Å². The molecule has 0 unspecified atom stereocenters. The van der Waals surface area contributed by atoms with Gasteiger partial charge in [-0.05, 0) is 17.9 Å². The molecule has 2 rings (SSSR count). The van der Waals surface area contributed by atoms with Gasteiger partial charge in [-0.25, -0.2) is 0 Å². The van der Waals surface area contributed by atoms with Crippen LogP contribution < -0.4 is 5.46 Å². The summed E-state index contributed by atoms with van der Waals surface area (Å²) in [4.78, 5) is 10.9. The van der Waals surface area contributed by atoms with Crippen molar-refractivity contribution in [3.63, 3.8) is 0 Å². The molecule has 0 spiro atoms. The van der Waals surface area contributed by atoms with Crippen molar-refractivity contribution in [1.29, 1.82) is 0 Å². The molecule has 0 aromatic heterocycles. The van der Waals surface area contributed by atoms with Crippen LogP contribution >= 0.6 is 0 Å². The molecule has 4 nitrogen and oxygen atoms in total. The highest BCUT2D eigenvalue weighted by Crippen LogP contribution is 2.22. The van der Waals surface area contributed by atoms with Crippen LogP contribution in [0.2, 0.25) is 0 Å². The summed E-state index contributed by atoms with van der Waals surface area (Å²) in [6.45, 7) is 8.87. The predicted molar refractivity (Wildman–Crippen MR) is 77.7 cm³/mol. The minimum Gasteiger partial charge on any atom is -0.458 e. The quantitative estimate of drug-likeness (QED) is 0.626. The van der Waals surface area contributed by atoms with Crippen LogP contribution in [0.25, 0.3) is 0 Å². The van der Waals surface area contributed by atoms with Crippen molar-refractivity contribution in [3.8, 4) is 0 Å².